The van der Waals surface area contributed by atoms with E-state index in [1.807, 2.05) is 12.1 Å². The molecule has 4 aromatic rings. The maximum Gasteiger partial charge on any atom is 0.119 e. The van der Waals surface area contributed by atoms with Crippen molar-refractivity contribution < 1.29 is 9.47 Å². The molecule has 6 nitrogen and oxygen atoms in total. The summed E-state index contributed by atoms with van der Waals surface area (Å²) in [7, 11) is 3.44. The average Bonchev–Trinajstić information content (AvgIpc) is 3.45. The molecule has 2 atom stereocenters. The van der Waals surface area contributed by atoms with Gasteiger partial charge in [0.15, 0.2) is 0 Å². The van der Waals surface area contributed by atoms with Crippen LogP contribution in [0.25, 0.3) is 21.8 Å². The van der Waals surface area contributed by atoms with Crippen molar-refractivity contribution >= 4 is 33.2 Å². The number of ether oxygens (including phenoxy) is 2. The number of aromatic nitrogens is 2. The van der Waals surface area contributed by atoms with Crippen molar-refractivity contribution in [2.45, 2.75) is 33.1 Å². The number of aliphatic imine (C=N–C) groups is 2. The Labute approximate surface area is 205 Å². The lowest BCUT2D eigenvalue weighted by molar-refractivity contribution is 0.415. The highest BCUT2D eigenvalue weighted by atomic mass is 16.5. The lowest BCUT2D eigenvalue weighted by atomic mass is 9.84. The van der Waals surface area contributed by atoms with Crippen LogP contribution >= 0.6 is 0 Å². The number of hydrogen-bond donors (Lipinski definition) is 2. The molecule has 0 fully saturated rings. The Kier molecular flexibility index (Phi) is 5.39. The minimum Gasteiger partial charge on any atom is -0.497 e. The fourth-order valence-corrected chi connectivity index (χ4v) is 5.96. The van der Waals surface area contributed by atoms with Crippen LogP contribution in [0.5, 0.6) is 11.5 Å². The SMILES string of the molecule is COc1ccc2[nH]c3c(c2c1)CCN=C3C(C)CC(C)C1=NCCc2c1[nH]c1ccc(OC)cc21. The number of hydrogen-bond acceptors (Lipinski definition) is 4. The van der Waals surface area contributed by atoms with Crippen LogP contribution in [-0.4, -0.2) is 48.7 Å². The number of rotatable bonds is 6. The van der Waals surface area contributed by atoms with Gasteiger partial charge in [0, 0.05) is 46.7 Å². The zero-order valence-corrected chi connectivity index (χ0v) is 20.9. The van der Waals surface area contributed by atoms with E-state index in [1.165, 1.54) is 44.7 Å². The monoisotopic (exact) mass is 468 g/mol. The van der Waals surface area contributed by atoms with Crippen molar-refractivity contribution in [1.29, 1.82) is 0 Å². The third-order valence-electron chi connectivity index (χ3n) is 7.67. The van der Waals surface area contributed by atoms with E-state index in [2.05, 4.69) is 48.1 Å². The summed E-state index contributed by atoms with van der Waals surface area (Å²) in [6.07, 6.45) is 2.92. The first-order valence-electron chi connectivity index (χ1n) is 12.5. The number of nitrogens with zero attached hydrogens (tertiary/aromatic N) is 2. The van der Waals surface area contributed by atoms with Crippen LogP contribution in [0.1, 0.15) is 42.8 Å². The highest BCUT2D eigenvalue weighted by Gasteiger charge is 2.29. The van der Waals surface area contributed by atoms with Gasteiger partial charge in [0.1, 0.15) is 11.5 Å². The molecule has 0 saturated carbocycles. The third-order valence-corrected chi connectivity index (χ3v) is 7.67. The number of H-pyrrole nitrogens is 2. The van der Waals surface area contributed by atoms with Crippen LogP contribution in [0, 0.1) is 11.8 Å². The minimum absolute atomic E-state index is 0.316. The largest absolute Gasteiger partial charge is 0.497 e. The van der Waals surface area contributed by atoms with Gasteiger partial charge in [0.05, 0.1) is 37.0 Å². The molecule has 2 aliphatic rings. The quantitative estimate of drug-likeness (QED) is 0.380. The van der Waals surface area contributed by atoms with E-state index in [1.54, 1.807) is 14.2 Å². The van der Waals surface area contributed by atoms with E-state index >= 15 is 0 Å². The van der Waals surface area contributed by atoms with Crippen molar-refractivity contribution in [2.75, 3.05) is 27.3 Å². The predicted molar refractivity (Wildman–Crippen MR) is 143 cm³/mol. The standard InChI is InChI=1S/C29H32N4O2/c1-16(26-28-20(9-11-30-26)22-14-18(34-3)5-7-24(22)32-28)13-17(2)27-29-21(10-12-31-27)23-15-19(35-4)6-8-25(23)33-29/h5-8,14-17,32-33H,9-13H2,1-4H3. The number of benzene rings is 2. The van der Waals surface area contributed by atoms with Crippen molar-refractivity contribution in [3.63, 3.8) is 0 Å². The summed E-state index contributed by atoms with van der Waals surface area (Å²) in [5.41, 5.74) is 9.81. The molecule has 2 aromatic heterocycles. The second kappa shape index (κ2) is 8.59. The fourth-order valence-electron chi connectivity index (χ4n) is 5.96. The number of methoxy groups -OCH3 is 2. The number of fused-ring (bicyclic) bond motifs is 6. The van der Waals surface area contributed by atoms with Crippen molar-refractivity contribution in [2.24, 2.45) is 21.8 Å². The first-order chi connectivity index (χ1) is 17.1. The van der Waals surface area contributed by atoms with Crippen LogP contribution < -0.4 is 9.47 Å². The highest BCUT2D eigenvalue weighted by molar-refractivity contribution is 6.09. The predicted octanol–water partition coefficient (Wildman–Crippen LogP) is 5.72. The molecule has 2 N–H and O–H groups in total. The molecule has 0 spiro atoms. The Morgan fingerprint density at radius 1 is 0.743 bits per heavy atom. The molecule has 2 aliphatic heterocycles. The molecule has 2 aromatic carbocycles. The summed E-state index contributed by atoms with van der Waals surface area (Å²) in [5, 5.41) is 2.50. The molecular weight excluding hydrogens is 436 g/mol. The maximum atomic E-state index is 5.47. The van der Waals surface area contributed by atoms with Crippen LogP contribution in [0.15, 0.2) is 46.4 Å². The summed E-state index contributed by atoms with van der Waals surface area (Å²) >= 11 is 0. The first kappa shape index (κ1) is 22.0. The van der Waals surface area contributed by atoms with E-state index in [-0.39, 0.29) is 0 Å². The molecule has 35 heavy (non-hydrogen) atoms. The Morgan fingerprint density at radius 3 is 1.63 bits per heavy atom. The van der Waals surface area contributed by atoms with Crippen molar-refractivity contribution in [3.8, 4) is 11.5 Å². The van der Waals surface area contributed by atoms with Crippen molar-refractivity contribution in [1.82, 2.24) is 9.97 Å². The summed E-state index contributed by atoms with van der Waals surface area (Å²) in [6.45, 7) is 6.27. The van der Waals surface area contributed by atoms with Crippen molar-refractivity contribution in [3.05, 3.63) is 58.9 Å². The topological polar surface area (TPSA) is 74.8 Å². The molecular formula is C29H32N4O2. The van der Waals surface area contributed by atoms with Crippen LogP contribution in [0.4, 0.5) is 0 Å². The molecule has 6 heteroatoms. The molecule has 2 unspecified atom stereocenters. The van der Waals surface area contributed by atoms with Gasteiger partial charge in [0.2, 0.25) is 0 Å². The highest BCUT2D eigenvalue weighted by Crippen LogP contribution is 2.34. The van der Waals surface area contributed by atoms with Gasteiger partial charge in [0.25, 0.3) is 0 Å². The summed E-state index contributed by atoms with van der Waals surface area (Å²) < 4.78 is 10.9. The molecule has 180 valence electrons. The number of nitrogens with one attached hydrogen (secondary N) is 2. The molecule has 0 saturated heterocycles. The van der Waals surface area contributed by atoms with Gasteiger partial charge >= 0.3 is 0 Å². The maximum absolute atomic E-state index is 5.47. The van der Waals surface area contributed by atoms with Gasteiger partial charge in [-0.2, -0.15) is 0 Å². The number of aromatic amines is 2. The first-order valence-corrected chi connectivity index (χ1v) is 12.5. The van der Waals surface area contributed by atoms with Crippen LogP contribution in [-0.2, 0) is 12.8 Å². The van der Waals surface area contributed by atoms with Gasteiger partial charge in [-0.15, -0.1) is 0 Å². The van der Waals surface area contributed by atoms with Gasteiger partial charge in [-0.3, -0.25) is 9.98 Å². The molecule has 0 aliphatic carbocycles. The lowest BCUT2D eigenvalue weighted by Crippen LogP contribution is -2.26. The molecule has 0 radical (unpaired) electrons. The van der Waals surface area contributed by atoms with E-state index in [4.69, 9.17) is 19.5 Å². The third kappa shape index (κ3) is 3.63. The van der Waals surface area contributed by atoms with Gasteiger partial charge in [-0.05, 0) is 66.8 Å². The summed E-state index contributed by atoms with van der Waals surface area (Å²) in [4.78, 5) is 17.3. The molecule has 6 rings (SSSR count). The fraction of sp³-hybridized carbons (Fsp3) is 0.379. The average molecular weight is 469 g/mol. The zero-order valence-electron chi connectivity index (χ0n) is 20.9. The van der Waals surface area contributed by atoms with E-state index in [0.29, 0.717) is 11.8 Å². The normalized spacial score (nSPS) is 16.9. The second-order valence-electron chi connectivity index (χ2n) is 9.85. The van der Waals surface area contributed by atoms with Crippen LogP contribution in [0.3, 0.4) is 0 Å². The smallest absolute Gasteiger partial charge is 0.119 e. The summed E-state index contributed by atoms with van der Waals surface area (Å²) in [5.74, 6) is 2.42. The second-order valence-corrected chi connectivity index (χ2v) is 9.85. The molecule has 0 amide bonds. The minimum atomic E-state index is 0.316. The van der Waals surface area contributed by atoms with Crippen LogP contribution in [0.2, 0.25) is 0 Å². The van der Waals surface area contributed by atoms with Gasteiger partial charge in [-0.25, -0.2) is 0 Å². The molecule has 0 bridgehead atoms. The van der Waals surface area contributed by atoms with Gasteiger partial charge in [-0.1, -0.05) is 13.8 Å². The van der Waals surface area contributed by atoms with E-state index in [0.717, 1.165) is 54.9 Å². The van der Waals surface area contributed by atoms with E-state index in [9.17, 15) is 0 Å². The Morgan fingerprint density at radius 2 is 1.20 bits per heavy atom. The molecule has 4 heterocycles. The van der Waals surface area contributed by atoms with E-state index < -0.39 is 0 Å². The summed E-state index contributed by atoms with van der Waals surface area (Å²) in [6, 6.07) is 12.5. The Bertz CT molecular complexity index is 1380. The Hall–Kier alpha value is -3.54. The zero-order chi connectivity index (χ0) is 24.1. The lowest BCUT2D eigenvalue weighted by Gasteiger charge is -2.24. The van der Waals surface area contributed by atoms with Gasteiger partial charge < -0.3 is 19.4 Å². The Balaban J connectivity index is 1.28.